The molecule has 112 valence electrons. The molecule has 0 bridgehead atoms. The first-order valence-electron chi connectivity index (χ1n) is 6.09. The minimum absolute atomic E-state index is 0.154. The number of aromatic nitrogens is 2. The smallest absolute Gasteiger partial charge is 0.171 e. The highest BCUT2D eigenvalue weighted by Gasteiger charge is 2.17. The van der Waals surface area contributed by atoms with Crippen LogP contribution < -0.4 is 10.6 Å². The maximum Gasteiger partial charge on any atom is 0.171 e. The van der Waals surface area contributed by atoms with Crippen molar-refractivity contribution in [2.45, 2.75) is 6.54 Å². The molecule has 0 spiro atoms. The highest BCUT2D eigenvalue weighted by molar-refractivity contribution is 9.10. The van der Waals surface area contributed by atoms with Crippen molar-refractivity contribution in [2.75, 3.05) is 11.9 Å². The summed E-state index contributed by atoms with van der Waals surface area (Å²) in [7, 11) is 3.65. The Balaban J connectivity index is 2.32. The van der Waals surface area contributed by atoms with Crippen molar-refractivity contribution in [3.05, 3.63) is 46.2 Å². The van der Waals surface area contributed by atoms with Gasteiger partial charge in [-0.2, -0.15) is 0 Å². The van der Waals surface area contributed by atoms with E-state index >= 15 is 0 Å². The lowest BCUT2D eigenvalue weighted by Gasteiger charge is -2.21. The van der Waals surface area contributed by atoms with E-state index in [4.69, 9.17) is 10.9 Å². The fourth-order valence-electron chi connectivity index (χ4n) is 1.93. The molecule has 8 heteroatoms. The Labute approximate surface area is 129 Å². The van der Waals surface area contributed by atoms with Crippen molar-refractivity contribution in [3.8, 4) is 0 Å². The molecular formula is C13H15BrFN5O. The van der Waals surface area contributed by atoms with Gasteiger partial charge in [-0.05, 0) is 28.1 Å². The highest BCUT2D eigenvalue weighted by atomic mass is 79.9. The first kappa shape index (κ1) is 15.3. The van der Waals surface area contributed by atoms with Crippen LogP contribution in [0.5, 0.6) is 0 Å². The van der Waals surface area contributed by atoms with Crippen molar-refractivity contribution in [1.82, 2.24) is 9.55 Å². The van der Waals surface area contributed by atoms with E-state index in [1.54, 1.807) is 30.3 Å². The Bertz CT molecular complexity index is 685. The number of benzene rings is 1. The monoisotopic (exact) mass is 355 g/mol. The molecule has 1 aromatic heterocycles. The van der Waals surface area contributed by atoms with Crippen molar-refractivity contribution in [1.29, 1.82) is 0 Å². The molecule has 2 aromatic rings. The van der Waals surface area contributed by atoms with Crippen LogP contribution in [0.25, 0.3) is 0 Å². The standard InChI is InChI=1S/C13H15BrFN5O/c1-19-6-5-17-10(19)7-20(2)9-4-3-8(13(16)18-21)11(14)12(9)15/h3-6,21H,7H2,1-2H3,(H2,16,18). The molecule has 21 heavy (non-hydrogen) atoms. The maximum atomic E-state index is 14.4. The number of oxime groups is 1. The van der Waals surface area contributed by atoms with Crippen LogP contribution in [0.2, 0.25) is 0 Å². The zero-order valence-electron chi connectivity index (χ0n) is 11.6. The first-order valence-corrected chi connectivity index (χ1v) is 6.88. The molecule has 1 aromatic carbocycles. The van der Waals surface area contributed by atoms with Crippen LogP contribution in [0.1, 0.15) is 11.4 Å². The van der Waals surface area contributed by atoms with Crippen LogP contribution in [0.3, 0.4) is 0 Å². The zero-order chi connectivity index (χ0) is 15.6. The minimum atomic E-state index is -0.476. The molecule has 2 rings (SSSR count). The fourth-order valence-corrected chi connectivity index (χ4v) is 2.47. The predicted molar refractivity (Wildman–Crippen MR) is 81.9 cm³/mol. The molecule has 3 N–H and O–H groups in total. The number of amidine groups is 1. The Morgan fingerprint density at radius 2 is 2.29 bits per heavy atom. The fraction of sp³-hybridized carbons (Fsp3) is 0.231. The topological polar surface area (TPSA) is 79.7 Å². The quantitative estimate of drug-likeness (QED) is 0.380. The number of hydrogen-bond acceptors (Lipinski definition) is 4. The number of halogens is 2. The highest BCUT2D eigenvalue weighted by Crippen LogP contribution is 2.29. The molecule has 0 amide bonds. The van der Waals surface area contributed by atoms with E-state index in [1.807, 2.05) is 17.8 Å². The molecule has 0 saturated heterocycles. The molecule has 0 aliphatic carbocycles. The molecular weight excluding hydrogens is 341 g/mol. The van der Waals surface area contributed by atoms with Crippen LogP contribution in [0, 0.1) is 5.82 Å². The van der Waals surface area contributed by atoms with E-state index in [9.17, 15) is 4.39 Å². The van der Waals surface area contributed by atoms with Gasteiger partial charge in [0.2, 0.25) is 0 Å². The summed E-state index contributed by atoms with van der Waals surface area (Å²) in [5.41, 5.74) is 6.18. The summed E-state index contributed by atoms with van der Waals surface area (Å²) in [5.74, 6) is 0.184. The SMILES string of the molecule is CN(Cc1nccn1C)c1ccc(/C(N)=N/O)c(Br)c1F. The van der Waals surface area contributed by atoms with Gasteiger partial charge >= 0.3 is 0 Å². The second kappa shape index (κ2) is 6.13. The van der Waals surface area contributed by atoms with Gasteiger partial charge in [0, 0.05) is 32.1 Å². The van der Waals surface area contributed by atoms with Gasteiger partial charge in [0.05, 0.1) is 16.7 Å². The summed E-state index contributed by atoms with van der Waals surface area (Å²) >= 11 is 3.14. The lowest BCUT2D eigenvalue weighted by molar-refractivity contribution is 0.318. The van der Waals surface area contributed by atoms with E-state index < -0.39 is 5.82 Å². The zero-order valence-corrected chi connectivity index (χ0v) is 13.2. The van der Waals surface area contributed by atoms with Crippen molar-refractivity contribution >= 4 is 27.5 Å². The van der Waals surface area contributed by atoms with Gasteiger partial charge < -0.3 is 20.4 Å². The van der Waals surface area contributed by atoms with Crippen LogP contribution in [-0.2, 0) is 13.6 Å². The molecule has 0 fully saturated rings. The third kappa shape index (κ3) is 2.99. The molecule has 1 heterocycles. The molecule has 0 atom stereocenters. The second-order valence-corrected chi connectivity index (χ2v) is 5.35. The van der Waals surface area contributed by atoms with Crippen molar-refractivity contribution < 1.29 is 9.60 Å². The van der Waals surface area contributed by atoms with Crippen LogP contribution in [0.15, 0.2) is 34.2 Å². The van der Waals surface area contributed by atoms with Gasteiger partial charge in [0.25, 0.3) is 0 Å². The summed E-state index contributed by atoms with van der Waals surface area (Å²) < 4.78 is 16.5. The minimum Gasteiger partial charge on any atom is -0.409 e. The number of imidazole rings is 1. The third-order valence-corrected chi connectivity index (χ3v) is 3.93. The molecule has 0 unspecified atom stereocenters. The Hall–Kier alpha value is -2.09. The van der Waals surface area contributed by atoms with Crippen molar-refractivity contribution in [3.63, 3.8) is 0 Å². The molecule has 0 aliphatic heterocycles. The summed E-state index contributed by atoms with van der Waals surface area (Å²) in [6, 6.07) is 3.17. The lowest BCUT2D eigenvalue weighted by Crippen LogP contribution is -2.21. The Kier molecular flexibility index (Phi) is 4.46. The van der Waals surface area contributed by atoms with E-state index in [1.165, 1.54) is 0 Å². The largest absolute Gasteiger partial charge is 0.409 e. The Morgan fingerprint density at radius 3 is 2.86 bits per heavy atom. The molecule has 0 aliphatic rings. The van der Waals surface area contributed by atoms with Gasteiger partial charge in [-0.15, -0.1) is 0 Å². The van der Waals surface area contributed by atoms with Crippen molar-refractivity contribution in [2.24, 2.45) is 17.9 Å². The average molecular weight is 356 g/mol. The molecule has 6 nitrogen and oxygen atoms in total. The summed E-state index contributed by atoms with van der Waals surface area (Å²) in [6.45, 7) is 0.454. The Morgan fingerprint density at radius 1 is 1.57 bits per heavy atom. The predicted octanol–water partition coefficient (Wildman–Crippen LogP) is 2.05. The first-order chi connectivity index (χ1) is 9.95. The lowest BCUT2D eigenvalue weighted by atomic mass is 10.1. The number of anilines is 1. The van der Waals surface area contributed by atoms with Gasteiger partial charge in [0.15, 0.2) is 11.7 Å². The van der Waals surface area contributed by atoms with Gasteiger partial charge in [-0.25, -0.2) is 9.37 Å². The van der Waals surface area contributed by atoms with E-state index in [-0.39, 0.29) is 10.3 Å². The summed E-state index contributed by atoms with van der Waals surface area (Å²) in [4.78, 5) is 5.94. The maximum absolute atomic E-state index is 14.4. The number of nitrogens with two attached hydrogens (primary N) is 1. The number of hydrogen-bond donors (Lipinski definition) is 2. The van der Waals surface area contributed by atoms with E-state index in [0.29, 0.717) is 17.8 Å². The summed E-state index contributed by atoms with van der Waals surface area (Å²) in [5, 5.41) is 11.6. The average Bonchev–Trinajstić information content (AvgIpc) is 2.86. The van der Waals surface area contributed by atoms with E-state index in [2.05, 4.69) is 26.1 Å². The van der Waals surface area contributed by atoms with Gasteiger partial charge in [-0.3, -0.25) is 0 Å². The number of aryl methyl sites for hydroxylation is 1. The number of nitrogens with zero attached hydrogens (tertiary/aromatic N) is 4. The third-order valence-electron chi connectivity index (χ3n) is 3.16. The van der Waals surface area contributed by atoms with Crippen LogP contribution in [0.4, 0.5) is 10.1 Å². The normalized spacial score (nSPS) is 11.7. The van der Waals surface area contributed by atoms with E-state index in [0.717, 1.165) is 5.82 Å². The molecule has 0 radical (unpaired) electrons. The van der Waals surface area contributed by atoms with Crippen LogP contribution >= 0.6 is 15.9 Å². The van der Waals surface area contributed by atoms with Gasteiger partial charge in [-0.1, -0.05) is 5.16 Å². The van der Waals surface area contributed by atoms with Crippen LogP contribution in [-0.4, -0.2) is 27.6 Å². The summed E-state index contributed by atoms with van der Waals surface area (Å²) in [6.07, 6.45) is 3.52. The molecule has 0 saturated carbocycles. The van der Waals surface area contributed by atoms with Gasteiger partial charge in [0.1, 0.15) is 5.82 Å². The number of rotatable bonds is 4. The second-order valence-electron chi connectivity index (χ2n) is 4.56.